The molecule has 182 valence electrons. The van der Waals surface area contributed by atoms with Crippen LogP contribution in [0.25, 0.3) is 0 Å². The number of ether oxygens (including phenoxy) is 3. The standard InChI is InChI=1S/C23H14F4O7S/c1-31-12-6-7-16-19(10-12)32-20-14(11-24)18(34-35(29,30)23(25,26)27)9-8-17(20)22(16)15-5-3-2-4-13(15)21(28)33-22/h2-10H,11H2,1H3. The van der Waals surface area contributed by atoms with E-state index in [1.165, 1.54) is 25.3 Å². The van der Waals surface area contributed by atoms with E-state index in [0.29, 0.717) is 16.9 Å². The molecule has 7 nitrogen and oxygen atoms in total. The Morgan fingerprint density at radius 3 is 2.40 bits per heavy atom. The summed E-state index contributed by atoms with van der Waals surface area (Å²) in [5.41, 5.74) is -6.94. The Balaban J connectivity index is 1.80. The van der Waals surface area contributed by atoms with Gasteiger partial charge in [0.1, 0.15) is 23.9 Å². The van der Waals surface area contributed by atoms with Crippen LogP contribution < -0.4 is 13.7 Å². The average molecular weight is 510 g/mol. The molecule has 0 radical (unpaired) electrons. The maximum absolute atomic E-state index is 14.2. The molecule has 1 unspecified atom stereocenters. The summed E-state index contributed by atoms with van der Waals surface area (Å²) >= 11 is 0. The van der Waals surface area contributed by atoms with E-state index in [-0.39, 0.29) is 22.6 Å². The summed E-state index contributed by atoms with van der Waals surface area (Å²) < 4.78 is 97.3. The number of carbonyl (C=O) groups excluding carboxylic acids is 1. The van der Waals surface area contributed by atoms with Crippen molar-refractivity contribution < 1.29 is 49.2 Å². The lowest BCUT2D eigenvalue weighted by molar-refractivity contribution is -0.0500. The van der Waals surface area contributed by atoms with Crippen LogP contribution in [0.5, 0.6) is 23.0 Å². The smallest absolute Gasteiger partial charge is 0.497 e. The van der Waals surface area contributed by atoms with E-state index < -0.39 is 45.2 Å². The first-order valence-corrected chi connectivity index (χ1v) is 11.4. The summed E-state index contributed by atoms with van der Waals surface area (Å²) in [6.45, 7) is -1.45. The van der Waals surface area contributed by atoms with Gasteiger partial charge in [-0.25, -0.2) is 9.18 Å². The van der Waals surface area contributed by atoms with Crippen molar-refractivity contribution in [2.75, 3.05) is 7.11 Å². The molecule has 3 aromatic rings. The average Bonchev–Trinajstić information content (AvgIpc) is 3.11. The van der Waals surface area contributed by atoms with Gasteiger partial charge in [0.15, 0.2) is 11.4 Å². The van der Waals surface area contributed by atoms with E-state index in [4.69, 9.17) is 14.2 Å². The lowest BCUT2D eigenvalue weighted by Gasteiger charge is -2.37. The molecule has 2 heterocycles. The molecule has 2 aliphatic heterocycles. The summed E-state index contributed by atoms with van der Waals surface area (Å²) in [5, 5.41) is 0. The monoisotopic (exact) mass is 510 g/mol. The van der Waals surface area contributed by atoms with Crippen molar-refractivity contribution in [1.29, 1.82) is 0 Å². The molecule has 1 spiro atoms. The quantitative estimate of drug-likeness (QED) is 0.212. The Bertz CT molecular complexity index is 1480. The summed E-state index contributed by atoms with van der Waals surface area (Å²) in [6, 6.07) is 13.1. The molecular weight excluding hydrogens is 496 g/mol. The molecule has 0 fully saturated rings. The van der Waals surface area contributed by atoms with Crippen molar-refractivity contribution >= 4 is 16.1 Å². The SMILES string of the molecule is COc1ccc2c(c1)Oc1c(ccc(OS(=O)(=O)C(F)(F)F)c1CF)C21OC(=O)c2ccccc21. The molecule has 0 saturated heterocycles. The highest BCUT2D eigenvalue weighted by molar-refractivity contribution is 7.88. The minimum absolute atomic E-state index is 0.0619. The summed E-state index contributed by atoms with van der Waals surface area (Å²) in [5.74, 6) is -1.55. The molecule has 0 amide bonds. The van der Waals surface area contributed by atoms with Crippen molar-refractivity contribution in [1.82, 2.24) is 0 Å². The molecule has 0 bridgehead atoms. The first-order valence-electron chi connectivity index (χ1n) is 9.96. The van der Waals surface area contributed by atoms with Crippen LogP contribution >= 0.6 is 0 Å². The van der Waals surface area contributed by atoms with Crippen molar-refractivity contribution in [2.45, 2.75) is 17.8 Å². The number of esters is 1. The number of halogens is 4. The van der Waals surface area contributed by atoms with E-state index in [1.807, 2.05) is 0 Å². The van der Waals surface area contributed by atoms with E-state index in [0.717, 1.165) is 6.07 Å². The number of hydrogen-bond donors (Lipinski definition) is 0. The maximum Gasteiger partial charge on any atom is 0.534 e. The minimum Gasteiger partial charge on any atom is -0.497 e. The van der Waals surface area contributed by atoms with Crippen LogP contribution in [0.4, 0.5) is 17.6 Å². The third kappa shape index (κ3) is 3.23. The van der Waals surface area contributed by atoms with Gasteiger partial charge in [-0.15, -0.1) is 0 Å². The number of carbonyl (C=O) groups is 1. The van der Waals surface area contributed by atoms with E-state index in [9.17, 15) is 30.8 Å². The second-order valence-corrected chi connectivity index (χ2v) is 9.15. The van der Waals surface area contributed by atoms with Crippen molar-refractivity contribution in [3.8, 4) is 23.0 Å². The number of fused-ring (bicyclic) bond motifs is 6. The highest BCUT2D eigenvalue weighted by Gasteiger charge is 2.55. The van der Waals surface area contributed by atoms with Crippen LogP contribution in [-0.4, -0.2) is 27.0 Å². The largest absolute Gasteiger partial charge is 0.534 e. The molecule has 35 heavy (non-hydrogen) atoms. The summed E-state index contributed by atoms with van der Waals surface area (Å²) in [7, 11) is -4.70. The molecule has 2 aliphatic rings. The lowest BCUT2D eigenvalue weighted by atomic mass is 9.77. The fraction of sp³-hybridized carbons (Fsp3) is 0.174. The van der Waals surface area contributed by atoms with E-state index >= 15 is 0 Å². The molecule has 12 heteroatoms. The molecule has 0 saturated carbocycles. The third-order valence-electron chi connectivity index (χ3n) is 5.77. The number of methoxy groups -OCH3 is 1. The highest BCUT2D eigenvalue weighted by atomic mass is 32.2. The molecule has 0 aromatic heterocycles. The molecule has 5 rings (SSSR count). The van der Waals surface area contributed by atoms with Crippen LogP contribution in [0.15, 0.2) is 54.6 Å². The van der Waals surface area contributed by atoms with Gasteiger partial charge in [0, 0.05) is 22.8 Å². The van der Waals surface area contributed by atoms with Crippen LogP contribution in [0, 0.1) is 0 Å². The maximum atomic E-state index is 14.2. The molecule has 1 atom stereocenters. The van der Waals surface area contributed by atoms with Gasteiger partial charge in [-0.05, 0) is 30.3 Å². The second-order valence-electron chi connectivity index (χ2n) is 7.62. The predicted octanol–water partition coefficient (Wildman–Crippen LogP) is 4.96. The normalized spacial score (nSPS) is 18.3. The lowest BCUT2D eigenvalue weighted by Crippen LogP contribution is -2.33. The third-order valence-corrected chi connectivity index (χ3v) is 6.73. The highest BCUT2D eigenvalue weighted by Crippen LogP contribution is 2.58. The van der Waals surface area contributed by atoms with Crippen LogP contribution in [0.3, 0.4) is 0 Å². The van der Waals surface area contributed by atoms with E-state index in [2.05, 4.69) is 4.18 Å². The van der Waals surface area contributed by atoms with Crippen LogP contribution in [-0.2, 0) is 27.1 Å². The summed E-state index contributed by atoms with van der Waals surface area (Å²) in [4.78, 5) is 12.8. The Hall–Kier alpha value is -3.80. The Morgan fingerprint density at radius 2 is 1.71 bits per heavy atom. The minimum atomic E-state index is -6.09. The molecular formula is C23H14F4O7S. The van der Waals surface area contributed by atoms with Crippen molar-refractivity contribution in [3.63, 3.8) is 0 Å². The van der Waals surface area contributed by atoms with Crippen molar-refractivity contribution in [3.05, 3.63) is 82.4 Å². The molecule has 0 N–H and O–H groups in total. The number of hydrogen-bond acceptors (Lipinski definition) is 7. The van der Waals surface area contributed by atoms with Gasteiger partial charge in [0.2, 0.25) is 0 Å². The number of alkyl halides is 4. The van der Waals surface area contributed by atoms with Crippen LogP contribution in [0.2, 0.25) is 0 Å². The zero-order valence-electron chi connectivity index (χ0n) is 17.7. The van der Waals surface area contributed by atoms with Gasteiger partial charge in [-0.3, -0.25) is 0 Å². The fourth-order valence-corrected chi connectivity index (χ4v) is 4.74. The Labute approximate surface area is 195 Å². The predicted molar refractivity (Wildman–Crippen MR) is 112 cm³/mol. The van der Waals surface area contributed by atoms with Crippen LogP contribution in [0.1, 0.15) is 32.6 Å². The Morgan fingerprint density at radius 1 is 1.00 bits per heavy atom. The van der Waals surface area contributed by atoms with Crippen molar-refractivity contribution in [2.24, 2.45) is 0 Å². The first-order chi connectivity index (χ1) is 16.5. The van der Waals surface area contributed by atoms with E-state index in [1.54, 1.807) is 30.3 Å². The van der Waals surface area contributed by atoms with Gasteiger partial charge < -0.3 is 18.4 Å². The molecule has 3 aromatic carbocycles. The fourth-order valence-electron chi connectivity index (χ4n) is 4.25. The first kappa shape index (κ1) is 23.0. The van der Waals surface area contributed by atoms with Gasteiger partial charge in [0.25, 0.3) is 0 Å². The van der Waals surface area contributed by atoms with Gasteiger partial charge in [-0.1, -0.05) is 18.2 Å². The second kappa shape index (κ2) is 7.60. The zero-order chi connectivity index (χ0) is 25.2. The summed E-state index contributed by atoms with van der Waals surface area (Å²) in [6.07, 6.45) is 0. The molecule has 0 aliphatic carbocycles. The number of benzene rings is 3. The zero-order valence-corrected chi connectivity index (χ0v) is 18.5. The number of rotatable bonds is 4. The van der Waals surface area contributed by atoms with Gasteiger partial charge in [-0.2, -0.15) is 21.6 Å². The Kier molecular flexibility index (Phi) is 4.99. The topological polar surface area (TPSA) is 88.1 Å². The van der Waals surface area contributed by atoms with Gasteiger partial charge in [0.05, 0.1) is 18.2 Å². The van der Waals surface area contributed by atoms with Gasteiger partial charge >= 0.3 is 21.6 Å².